The highest BCUT2D eigenvalue weighted by Crippen LogP contribution is 2.32. The van der Waals surface area contributed by atoms with Crippen molar-refractivity contribution in [3.8, 4) is 0 Å². The van der Waals surface area contributed by atoms with E-state index < -0.39 is 12.0 Å². The molecule has 1 amide bonds. The van der Waals surface area contributed by atoms with Crippen LogP contribution in [-0.4, -0.2) is 23.4 Å². The average molecular weight is 400 g/mol. The van der Waals surface area contributed by atoms with E-state index in [4.69, 9.17) is 4.74 Å². The van der Waals surface area contributed by atoms with Crippen LogP contribution in [0, 0.1) is 19.8 Å². The zero-order valence-corrected chi connectivity index (χ0v) is 17.1. The van der Waals surface area contributed by atoms with E-state index in [0.29, 0.717) is 12.2 Å². The van der Waals surface area contributed by atoms with Crippen molar-refractivity contribution in [1.29, 1.82) is 0 Å². The Kier molecular flexibility index (Phi) is 5.61. The molecule has 5 heteroatoms. The molecule has 2 aromatic carbocycles. The monoisotopic (exact) mass is 400 g/mol. The number of hydrogen-bond donors (Lipinski definition) is 0. The summed E-state index contributed by atoms with van der Waals surface area (Å²) in [6.45, 7) is 4.34. The Morgan fingerprint density at radius 1 is 1.03 bits per heavy atom. The SMILES string of the molecule is Cc1cccc(N2CC(C(=O)OC(c3ccccc3)c3ccccn3)CC2=O)c1C. The number of anilines is 1. The van der Waals surface area contributed by atoms with E-state index in [9.17, 15) is 9.59 Å². The lowest BCUT2D eigenvalue weighted by Crippen LogP contribution is -2.28. The van der Waals surface area contributed by atoms with Gasteiger partial charge in [0.25, 0.3) is 0 Å². The van der Waals surface area contributed by atoms with Gasteiger partial charge in [-0.25, -0.2) is 0 Å². The second kappa shape index (κ2) is 8.49. The van der Waals surface area contributed by atoms with Gasteiger partial charge in [-0.1, -0.05) is 48.5 Å². The van der Waals surface area contributed by atoms with Gasteiger partial charge in [0.05, 0.1) is 11.6 Å². The Morgan fingerprint density at radius 3 is 2.53 bits per heavy atom. The normalized spacial score (nSPS) is 17.1. The number of hydrogen-bond acceptors (Lipinski definition) is 4. The molecule has 0 aliphatic carbocycles. The van der Waals surface area contributed by atoms with Crippen molar-refractivity contribution in [3.05, 3.63) is 95.3 Å². The third-order valence-corrected chi connectivity index (χ3v) is 5.62. The van der Waals surface area contributed by atoms with E-state index in [-0.39, 0.29) is 18.3 Å². The van der Waals surface area contributed by atoms with Crippen LogP contribution in [0.3, 0.4) is 0 Å². The van der Waals surface area contributed by atoms with Crippen molar-refractivity contribution in [2.24, 2.45) is 5.92 Å². The summed E-state index contributed by atoms with van der Waals surface area (Å²) < 4.78 is 5.91. The summed E-state index contributed by atoms with van der Waals surface area (Å²) in [7, 11) is 0. The summed E-state index contributed by atoms with van der Waals surface area (Å²) in [4.78, 5) is 31.8. The van der Waals surface area contributed by atoms with Crippen LogP contribution in [-0.2, 0) is 14.3 Å². The van der Waals surface area contributed by atoms with Crippen molar-refractivity contribution < 1.29 is 14.3 Å². The Balaban J connectivity index is 1.55. The molecule has 1 fully saturated rings. The summed E-state index contributed by atoms with van der Waals surface area (Å²) in [6, 6.07) is 21.0. The van der Waals surface area contributed by atoms with Crippen LogP contribution in [0.15, 0.2) is 72.9 Å². The number of aryl methyl sites for hydroxylation is 1. The fraction of sp³-hybridized carbons (Fsp3) is 0.240. The molecule has 1 aromatic heterocycles. The third kappa shape index (κ3) is 3.96. The van der Waals surface area contributed by atoms with Crippen LogP contribution in [0.5, 0.6) is 0 Å². The molecule has 30 heavy (non-hydrogen) atoms. The first-order valence-corrected chi connectivity index (χ1v) is 10.1. The molecule has 5 nitrogen and oxygen atoms in total. The largest absolute Gasteiger partial charge is 0.451 e. The first-order chi connectivity index (χ1) is 14.5. The van der Waals surface area contributed by atoms with Gasteiger partial charge in [0, 0.05) is 24.8 Å². The number of ether oxygens (including phenoxy) is 1. The Bertz CT molecular complexity index is 1010. The minimum absolute atomic E-state index is 0.0558. The summed E-state index contributed by atoms with van der Waals surface area (Å²) in [5, 5.41) is 0. The Morgan fingerprint density at radius 2 is 1.80 bits per heavy atom. The molecular formula is C25H24N2O3. The van der Waals surface area contributed by atoms with Crippen molar-refractivity contribution in [3.63, 3.8) is 0 Å². The van der Waals surface area contributed by atoms with E-state index in [1.54, 1.807) is 11.1 Å². The summed E-state index contributed by atoms with van der Waals surface area (Å²) in [5.41, 5.74) is 4.54. The van der Waals surface area contributed by atoms with E-state index >= 15 is 0 Å². The first-order valence-electron chi connectivity index (χ1n) is 10.1. The van der Waals surface area contributed by atoms with Gasteiger partial charge in [-0.2, -0.15) is 0 Å². The van der Waals surface area contributed by atoms with E-state index in [0.717, 1.165) is 22.4 Å². The fourth-order valence-corrected chi connectivity index (χ4v) is 3.80. The molecule has 152 valence electrons. The number of pyridine rings is 1. The van der Waals surface area contributed by atoms with Crippen molar-refractivity contribution >= 4 is 17.6 Å². The van der Waals surface area contributed by atoms with E-state index in [1.807, 2.05) is 80.6 Å². The van der Waals surface area contributed by atoms with Gasteiger partial charge in [-0.15, -0.1) is 0 Å². The number of esters is 1. The molecule has 1 aliphatic rings. The molecular weight excluding hydrogens is 376 g/mol. The van der Waals surface area contributed by atoms with E-state index in [2.05, 4.69) is 4.98 Å². The highest BCUT2D eigenvalue weighted by molar-refractivity contribution is 6.00. The number of rotatable bonds is 5. The predicted octanol–water partition coefficient (Wildman–Crippen LogP) is 4.38. The maximum Gasteiger partial charge on any atom is 0.312 e. The number of aromatic nitrogens is 1. The number of carbonyl (C=O) groups is 2. The number of nitrogens with zero attached hydrogens (tertiary/aromatic N) is 2. The maximum atomic E-state index is 13.0. The van der Waals surface area contributed by atoms with Gasteiger partial charge in [-0.05, 0) is 48.7 Å². The highest BCUT2D eigenvalue weighted by Gasteiger charge is 2.38. The van der Waals surface area contributed by atoms with Gasteiger partial charge in [-0.3, -0.25) is 14.6 Å². The van der Waals surface area contributed by atoms with Crippen LogP contribution in [0.25, 0.3) is 0 Å². The summed E-state index contributed by atoms with van der Waals surface area (Å²) in [5.74, 6) is -0.942. The van der Waals surface area contributed by atoms with Gasteiger partial charge in [0.2, 0.25) is 5.91 Å². The Labute approximate surface area is 176 Å². The summed E-state index contributed by atoms with van der Waals surface area (Å²) in [6.07, 6.45) is 1.22. The second-order valence-corrected chi connectivity index (χ2v) is 7.61. The minimum Gasteiger partial charge on any atom is -0.451 e. The van der Waals surface area contributed by atoms with Gasteiger partial charge < -0.3 is 9.64 Å². The molecule has 1 saturated heterocycles. The quantitative estimate of drug-likeness (QED) is 0.596. The molecule has 0 bridgehead atoms. The van der Waals surface area contributed by atoms with Crippen molar-refractivity contribution in [2.45, 2.75) is 26.4 Å². The molecule has 0 N–H and O–H groups in total. The summed E-state index contributed by atoms with van der Waals surface area (Å²) >= 11 is 0. The van der Waals surface area contributed by atoms with Gasteiger partial charge in [0.1, 0.15) is 0 Å². The Hall–Kier alpha value is -3.47. The number of benzene rings is 2. The van der Waals surface area contributed by atoms with Crippen molar-refractivity contribution in [1.82, 2.24) is 4.98 Å². The average Bonchev–Trinajstić information content (AvgIpc) is 3.16. The van der Waals surface area contributed by atoms with E-state index in [1.165, 1.54) is 0 Å². The molecule has 0 saturated carbocycles. The van der Waals surface area contributed by atoms with Gasteiger partial charge in [0.15, 0.2) is 6.10 Å². The lowest BCUT2D eigenvalue weighted by Gasteiger charge is -2.21. The standard InChI is InChI=1S/C25H24N2O3/c1-17-9-8-13-22(18(17)2)27-16-20(15-23(27)28)25(29)30-24(19-10-4-3-5-11-19)21-12-6-7-14-26-21/h3-14,20,24H,15-16H2,1-2H3. The fourth-order valence-electron chi connectivity index (χ4n) is 3.80. The second-order valence-electron chi connectivity index (χ2n) is 7.61. The predicted molar refractivity (Wildman–Crippen MR) is 115 cm³/mol. The van der Waals surface area contributed by atoms with Crippen LogP contribution < -0.4 is 4.90 Å². The molecule has 2 atom stereocenters. The third-order valence-electron chi connectivity index (χ3n) is 5.62. The molecule has 4 rings (SSSR count). The highest BCUT2D eigenvalue weighted by atomic mass is 16.5. The molecule has 0 radical (unpaired) electrons. The number of carbonyl (C=O) groups excluding carboxylic acids is 2. The topological polar surface area (TPSA) is 59.5 Å². The van der Waals surface area contributed by atoms with Crippen LogP contribution in [0.2, 0.25) is 0 Å². The smallest absolute Gasteiger partial charge is 0.312 e. The molecule has 0 spiro atoms. The van der Waals surface area contributed by atoms with Crippen molar-refractivity contribution in [2.75, 3.05) is 11.4 Å². The lowest BCUT2D eigenvalue weighted by molar-refractivity contribution is -0.152. The zero-order valence-electron chi connectivity index (χ0n) is 17.1. The molecule has 2 heterocycles. The molecule has 2 unspecified atom stereocenters. The van der Waals surface area contributed by atoms with Crippen LogP contribution in [0.1, 0.15) is 34.9 Å². The zero-order chi connectivity index (χ0) is 21.1. The lowest BCUT2D eigenvalue weighted by atomic mass is 10.0. The molecule has 1 aliphatic heterocycles. The minimum atomic E-state index is -0.607. The number of amides is 1. The molecule has 3 aromatic rings. The van der Waals surface area contributed by atoms with Crippen LogP contribution >= 0.6 is 0 Å². The maximum absolute atomic E-state index is 13.0. The first kappa shape index (κ1) is 19.8. The van der Waals surface area contributed by atoms with Gasteiger partial charge >= 0.3 is 5.97 Å². The van der Waals surface area contributed by atoms with Crippen LogP contribution in [0.4, 0.5) is 5.69 Å².